The second-order valence-electron chi connectivity index (χ2n) is 5.37. The first-order chi connectivity index (χ1) is 10.5. The van der Waals surface area contributed by atoms with Gasteiger partial charge in [-0.1, -0.05) is 30.3 Å². The number of ketones is 1. The fraction of sp³-hybridized carbons (Fsp3) is 0.562. The molecule has 1 aromatic carbocycles. The van der Waals surface area contributed by atoms with E-state index in [2.05, 4.69) is 24.0 Å². The molecule has 1 aliphatic rings. The van der Waals surface area contributed by atoms with Gasteiger partial charge in [0.1, 0.15) is 6.16 Å². The van der Waals surface area contributed by atoms with Crippen LogP contribution in [-0.4, -0.2) is 42.6 Å². The maximum Gasteiger partial charge on any atom is 0.338 e. The molecule has 0 amide bonds. The number of carbonyl (C=O) groups is 1. The van der Waals surface area contributed by atoms with Crippen LogP contribution >= 0.6 is 7.60 Å². The van der Waals surface area contributed by atoms with E-state index in [1.165, 1.54) is 5.56 Å². The molecule has 0 radical (unpaired) electrons. The second kappa shape index (κ2) is 7.51. The van der Waals surface area contributed by atoms with E-state index in [9.17, 15) is 9.36 Å². The molecule has 0 aliphatic carbocycles. The topological polar surface area (TPSA) is 55.6 Å². The Bertz CT molecular complexity index is 538. The van der Waals surface area contributed by atoms with Crippen molar-refractivity contribution in [2.45, 2.75) is 32.9 Å². The lowest BCUT2D eigenvalue weighted by molar-refractivity contribution is -0.117. The zero-order chi connectivity index (χ0) is 16.2. The Morgan fingerprint density at radius 2 is 1.86 bits per heavy atom. The van der Waals surface area contributed by atoms with Gasteiger partial charge in [-0.2, -0.15) is 0 Å². The predicted octanol–water partition coefficient (Wildman–Crippen LogP) is 3.27. The molecule has 1 aromatic rings. The fourth-order valence-electron chi connectivity index (χ4n) is 2.61. The van der Waals surface area contributed by atoms with E-state index in [1.54, 1.807) is 13.8 Å². The van der Waals surface area contributed by atoms with Gasteiger partial charge in [-0.25, -0.2) is 0 Å². The minimum absolute atomic E-state index is 0.0620. The van der Waals surface area contributed by atoms with Crippen LogP contribution in [0.2, 0.25) is 0 Å². The van der Waals surface area contributed by atoms with Crippen LogP contribution in [0.15, 0.2) is 30.3 Å². The second-order valence-corrected chi connectivity index (χ2v) is 7.42. The average molecular weight is 325 g/mol. The molecule has 0 bridgehead atoms. The van der Waals surface area contributed by atoms with Gasteiger partial charge in [-0.15, -0.1) is 0 Å². The molecule has 1 aliphatic heterocycles. The summed E-state index contributed by atoms with van der Waals surface area (Å²) in [6.45, 7) is 6.83. The summed E-state index contributed by atoms with van der Waals surface area (Å²) in [7, 11) is -3.29. The summed E-state index contributed by atoms with van der Waals surface area (Å²) in [6, 6.07) is 10.1. The summed E-state index contributed by atoms with van der Waals surface area (Å²) in [4.78, 5) is 14.4. The van der Waals surface area contributed by atoms with Gasteiger partial charge < -0.3 is 9.05 Å². The van der Waals surface area contributed by atoms with Crippen molar-refractivity contribution in [2.24, 2.45) is 0 Å². The largest absolute Gasteiger partial charge is 0.338 e. The Morgan fingerprint density at radius 3 is 2.41 bits per heavy atom. The van der Waals surface area contributed by atoms with Gasteiger partial charge in [-0.05, 0) is 26.3 Å². The Kier molecular flexibility index (Phi) is 5.93. The molecule has 3 atom stereocenters. The summed E-state index contributed by atoms with van der Waals surface area (Å²) in [5, 5.41) is 0. The molecular weight excluding hydrogens is 301 g/mol. The molecule has 5 nitrogen and oxygen atoms in total. The Labute approximate surface area is 132 Å². The third-order valence-electron chi connectivity index (χ3n) is 3.80. The summed E-state index contributed by atoms with van der Waals surface area (Å²) in [5.74, 6) is -0.0620. The van der Waals surface area contributed by atoms with Gasteiger partial charge in [-0.3, -0.25) is 14.3 Å². The van der Waals surface area contributed by atoms with E-state index < -0.39 is 7.60 Å². The Hall–Kier alpha value is -1.00. The summed E-state index contributed by atoms with van der Waals surface area (Å²) >= 11 is 0. The minimum atomic E-state index is -3.29. The van der Waals surface area contributed by atoms with Crippen LogP contribution in [0.25, 0.3) is 0 Å². The molecule has 1 saturated heterocycles. The van der Waals surface area contributed by atoms with Crippen LogP contribution in [0.3, 0.4) is 0 Å². The van der Waals surface area contributed by atoms with Crippen LogP contribution in [0.1, 0.15) is 32.4 Å². The van der Waals surface area contributed by atoms with E-state index in [0.29, 0.717) is 6.54 Å². The standard InChI is InChI=1S/C16H24NO4P/c1-4-20-22(19,21-5-2)12-16(18)15-11-17(15)13(3)14-9-7-6-8-10-14/h6-10,13,15H,4-5,11-12H2,1-3H3/t13-,15-,17?/m1/s1. The maximum absolute atomic E-state index is 12.4. The lowest BCUT2D eigenvalue weighted by Gasteiger charge is -2.17. The molecule has 122 valence electrons. The molecule has 2 rings (SSSR count). The molecular formula is C16H24NO4P. The highest BCUT2D eigenvalue weighted by atomic mass is 31.2. The van der Waals surface area contributed by atoms with Crippen LogP contribution < -0.4 is 0 Å². The van der Waals surface area contributed by atoms with Crippen molar-refractivity contribution in [1.29, 1.82) is 0 Å². The van der Waals surface area contributed by atoms with E-state index in [-0.39, 0.29) is 37.2 Å². The Balaban J connectivity index is 1.94. The summed E-state index contributed by atoms with van der Waals surface area (Å²) in [5.41, 5.74) is 1.18. The molecule has 1 unspecified atom stereocenters. The first kappa shape index (κ1) is 17.4. The monoisotopic (exact) mass is 325 g/mol. The molecule has 1 heterocycles. The van der Waals surface area contributed by atoms with Gasteiger partial charge in [0.05, 0.1) is 19.3 Å². The van der Waals surface area contributed by atoms with E-state index in [1.807, 2.05) is 18.2 Å². The highest BCUT2D eigenvalue weighted by Gasteiger charge is 2.45. The van der Waals surface area contributed by atoms with Crippen molar-refractivity contribution >= 4 is 13.4 Å². The van der Waals surface area contributed by atoms with Crippen molar-refractivity contribution in [2.75, 3.05) is 25.9 Å². The SMILES string of the molecule is CCOP(=O)(CC(=O)[C@H]1CN1[C@H](C)c1ccccc1)OCC. The molecule has 22 heavy (non-hydrogen) atoms. The predicted molar refractivity (Wildman–Crippen MR) is 86.1 cm³/mol. The first-order valence-electron chi connectivity index (χ1n) is 7.72. The zero-order valence-corrected chi connectivity index (χ0v) is 14.3. The van der Waals surface area contributed by atoms with Crippen LogP contribution in [0, 0.1) is 0 Å². The lowest BCUT2D eigenvalue weighted by Crippen LogP contribution is -2.20. The summed E-state index contributed by atoms with van der Waals surface area (Å²) < 4.78 is 22.8. The molecule has 1 fully saturated rings. The van der Waals surface area contributed by atoms with Crippen LogP contribution in [0.5, 0.6) is 0 Å². The normalized spacial score (nSPS) is 22.3. The highest BCUT2D eigenvalue weighted by molar-refractivity contribution is 7.54. The third kappa shape index (κ3) is 4.26. The van der Waals surface area contributed by atoms with Crippen molar-refractivity contribution in [3.05, 3.63) is 35.9 Å². The number of carbonyl (C=O) groups excluding carboxylic acids is 1. The van der Waals surface area contributed by atoms with Crippen molar-refractivity contribution in [3.63, 3.8) is 0 Å². The number of benzene rings is 1. The van der Waals surface area contributed by atoms with Gasteiger partial charge in [0, 0.05) is 12.6 Å². The minimum Gasteiger partial charge on any atom is -0.309 e. The van der Waals surface area contributed by atoms with E-state index >= 15 is 0 Å². The van der Waals surface area contributed by atoms with Crippen molar-refractivity contribution in [1.82, 2.24) is 4.90 Å². The highest BCUT2D eigenvalue weighted by Crippen LogP contribution is 2.49. The average Bonchev–Trinajstić information content (AvgIpc) is 3.28. The van der Waals surface area contributed by atoms with E-state index in [4.69, 9.17) is 9.05 Å². The number of Topliss-reactive ketones (excluding diaryl/α,β-unsaturated/α-hetero) is 1. The molecule has 0 spiro atoms. The van der Waals surface area contributed by atoms with Crippen molar-refractivity contribution < 1.29 is 18.4 Å². The van der Waals surface area contributed by atoms with E-state index in [0.717, 1.165) is 0 Å². The molecule has 0 saturated carbocycles. The fourth-order valence-corrected chi connectivity index (χ4v) is 4.24. The first-order valence-corrected chi connectivity index (χ1v) is 9.45. The van der Waals surface area contributed by atoms with Gasteiger partial charge >= 0.3 is 7.60 Å². The van der Waals surface area contributed by atoms with Crippen molar-refractivity contribution in [3.8, 4) is 0 Å². The van der Waals surface area contributed by atoms with Gasteiger partial charge in [0.2, 0.25) is 0 Å². The number of nitrogens with zero attached hydrogens (tertiary/aromatic N) is 1. The number of hydrogen-bond donors (Lipinski definition) is 0. The zero-order valence-electron chi connectivity index (χ0n) is 13.4. The molecule has 6 heteroatoms. The molecule has 0 aromatic heterocycles. The van der Waals surface area contributed by atoms with Gasteiger partial charge in [0.25, 0.3) is 0 Å². The quantitative estimate of drug-likeness (QED) is 0.515. The number of hydrogen-bond acceptors (Lipinski definition) is 5. The number of rotatable bonds is 9. The smallest absolute Gasteiger partial charge is 0.309 e. The summed E-state index contributed by atoms with van der Waals surface area (Å²) in [6.07, 6.45) is -0.142. The lowest BCUT2D eigenvalue weighted by atomic mass is 10.1. The molecule has 0 N–H and O–H groups in total. The van der Waals surface area contributed by atoms with Crippen LogP contribution in [-0.2, 0) is 18.4 Å². The third-order valence-corrected chi connectivity index (χ3v) is 5.80. The maximum atomic E-state index is 12.4. The van der Waals surface area contributed by atoms with Crippen LogP contribution in [0.4, 0.5) is 0 Å². The Morgan fingerprint density at radius 1 is 1.27 bits per heavy atom. The van der Waals surface area contributed by atoms with Gasteiger partial charge in [0.15, 0.2) is 5.78 Å².